The van der Waals surface area contributed by atoms with Crippen LogP contribution < -0.4 is 10.1 Å². The summed E-state index contributed by atoms with van der Waals surface area (Å²) in [7, 11) is 1.53. The smallest absolute Gasteiger partial charge is 0.261 e. The van der Waals surface area contributed by atoms with E-state index in [1.807, 2.05) is 6.07 Å². The number of benzene rings is 1. The Kier molecular flexibility index (Phi) is 5.31. The Hall–Kier alpha value is -1.66. The standard InChI is InChI=1S/C13H14ClN3O2S/c1-19-10-6-3-2-5-9(10)12(18)15-13-17-16-11(20-13)7-4-8-14/h2-3,5-6H,4,7-8H2,1H3,(H,15,17,18). The molecule has 1 amide bonds. The number of methoxy groups -OCH3 is 1. The Bertz CT molecular complexity index is 589. The summed E-state index contributed by atoms with van der Waals surface area (Å²) < 4.78 is 5.15. The van der Waals surface area contributed by atoms with E-state index in [9.17, 15) is 4.79 Å². The predicted molar refractivity (Wildman–Crippen MR) is 79.9 cm³/mol. The van der Waals surface area contributed by atoms with Crippen molar-refractivity contribution in [1.82, 2.24) is 10.2 Å². The van der Waals surface area contributed by atoms with Crippen LogP contribution in [0.5, 0.6) is 5.75 Å². The second-order valence-electron chi connectivity index (χ2n) is 3.95. The molecule has 0 aliphatic heterocycles. The van der Waals surface area contributed by atoms with Gasteiger partial charge in [-0.1, -0.05) is 23.5 Å². The number of amides is 1. The molecule has 1 N–H and O–H groups in total. The van der Waals surface area contributed by atoms with E-state index in [-0.39, 0.29) is 5.91 Å². The molecule has 0 saturated carbocycles. The highest BCUT2D eigenvalue weighted by atomic mass is 35.5. The molecule has 7 heteroatoms. The van der Waals surface area contributed by atoms with Crippen molar-refractivity contribution in [3.63, 3.8) is 0 Å². The molecule has 0 fully saturated rings. The number of alkyl halides is 1. The predicted octanol–water partition coefficient (Wildman–Crippen LogP) is 2.97. The van der Waals surface area contributed by atoms with E-state index in [1.165, 1.54) is 18.4 Å². The van der Waals surface area contributed by atoms with Crippen molar-refractivity contribution in [1.29, 1.82) is 0 Å². The molecular formula is C13H14ClN3O2S. The molecule has 0 aliphatic rings. The van der Waals surface area contributed by atoms with Gasteiger partial charge in [-0.05, 0) is 18.6 Å². The van der Waals surface area contributed by atoms with E-state index in [4.69, 9.17) is 16.3 Å². The van der Waals surface area contributed by atoms with Gasteiger partial charge in [0.25, 0.3) is 5.91 Å². The fourth-order valence-electron chi connectivity index (χ4n) is 1.62. The zero-order chi connectivity index (χ0) is 14.4. The number of nitrogens with one attached hydrogen (secondary N) is 1. The lowest BCUT2D eigenvalue weighted by Crippen LogP contribution is -2.12. The third-order valence-electron chi connectivity index (χ3n) is 2.56. The molecule has 5 nitrogen and oxygen atoms in total. The maximum atomic E-state index is 12.1. The summed E-state index contributed by atoms with van der Waals surface area (Å²) in [6, 6.07) is 7.03. The first-order chi connectivity index (χ1) is 9.74. The van der Waals surface area contributed by atoms with Gasteiger partial charge in [0.2, 0.25) is 5.13 Å². The second kappa shape index (κ2) is 7.21. The monoisotopic (exact) mass is 311 g/mol. The lowest BCUT2D eigenvalue weighted by atomic mass is 10.2. The van der Waals surface area contributed by atoms with E-state index in [0.29, 0.717) is 22.3 Å². The number of anilines is 1. The third-order valence-corrected chi connectivity index (χ3v) is 3.73. The minimum atomic E-state index is -0.262. The number of carbonyl (C=O) groups is 1. The minimum absolute atomic E-state index is 0.262. The molecule has 1 aromatic carbocycles. The molecule has 0 radical (unpaired) electrons. The number of aromatic nitrogens is 2. The third kappa shape index (κ3) is 3.68. The molecule has 1 aromatic heterocycles. The Morgan fingerprint density at radius 2 is 2.20 bits per heavy atom. The van der Waals surface area contributed by atoms with E-state index in [2.05, 4.69) is 15.5 Å². The van der Waals surface area contributed by atoms with Crippen LogP contribution in [-0.4, -0.2) is 29.1 Å². The normalized spacial score (nSPS) is 10.3. The van der Waals surface area contributed by atoms with Crippen LogP contribution in [0, 0.1) is 0 Å². The van der Waals surface area contributed by atoms with Gasteiger partial charge in [0.15, 0.2) is 0 Å². The number of hydrogen-bond acceptors (Lipinski definition) is 5. The Labute approximate surface area is 125 Å². The molecule has 2 rings (SSSR count). The summed E-state index contributed by atoms with van der Waals surface area (Å²) in [5.74, 6) is 0.849. The number of ether oxygens (including phenoxy) is 1. The van der Waals surface area contributed by atoms with Gasteiger partial charge in [0, 0.05) is 12.3 Å². The van der Waals surface area contributed by atoms with Crippen molar-refractivity contribution < 1.29 is 9.53 Å². The Balaban J connectivity index is 2.05. The lowest BCUT2D eigenvalue weighted by Gasteiger charge is -2.06. The summed E-state index contributed by atoms with van der Waals surface area (Å²) in [5, 5.41) is 12.0. The number of aryl methyl sites for hydroxylation is 1. The quantitative estimate of drug-likeness (QED) is 0.833. The number of nitrogens with zero attached hydrogens (tertiary/aromatic N) is 2. The number of para-hydroxylation sites is 1. The minimum Gasteiger partial charge on any atom is -0.496 e. The highest BCUT2D eigenvalue weighted by molar-refractivity contribution is 7.15. The number of carbonyl (C=O) groups excluding carboxylic acids is 1. The van der Waals surface area contributed by atoms with Crippen LogP contribution in [0.15, 0.2) is 24.3 Å². The molecule has 1 heterocycles. The first-order valence-electron chi connectivity index (χ1n) is 6.07. The maximum absolute atomic E-state index is 12.1. The Morgan fingerprint density at radius 1 is 1.40 bits per heavy atom. The van der Waals surface area contributed by atoms with Crippen molar-refractivity contribution >= 4 is 34.0 Å². The first kappa shape index (κ1) is 14.7. The van der Waals surface area contributed by atoms with Gasteiger partial charge in [-0.2, -0.15) is 0 Å². The van der Waals surface area contributed by atoms with E-state index in [0.717, 1.165) is 17.8 Å². The van der Waals surface area contributed by atoms with Crippen LogP contribution in [0.2, 0.25) is 0 Å². The van der Waals surface area contributed by atoms with Gasteiger partial charge in [-0.25, -0.2) is 0 Å². The van der Waals surface area contributed by atoms with Gasteiger partial charge in [-0.15, -0.1) is 21.8 Å². The zero-order valence-electron chi connectivity index (χ0n) is 10.9. The highest BCUT2D eigenvalue weighted by Crippen LogP contribution is 2.21. The van der Waals surface area contributed by atoms with Crippen molar-refractivity contribution in [2.45, 2.75) is 12.8 Å². The molecule has 0 aliphatic carbocycles. The summed E-state index contributed by atoms with van der Waals surface area (Å²) in [5.41, 5.74) is 0.465. The van der Waals surface area contributed by atoms with Crippen molar-refractivity contribution in [2.24, 2.45) is 0 Å². The fourth-order valence-corrected chi connectivity index (χ4v) is 2.53. The molecule has 2 aromatic rings. The summed E-state index contributed by atoms with van der Waals surface area (Å²) >= 11 is 6.98. The van der Waals surface area contributed by atoms with Gasteiger partial charge in [0.05, 0.1) is 12.7 Å². The summed E-state index contributed by atoms with van der Waals surface area (Å²) in [6.45, 7) is 0. The lowest BCUT2D eigenvalue weighted by molar-refractivity contribution is 0.102. The average Bonchev–Trinajstić information content (AvgIpc) is 2.92. The Morgan fingerprint density at radius 3 is 2.95 bits per heavy atom. The van der Waals surface area contributed by atoms with E-state index >= 15 is 0 Å². The second-order valence-corrected chi connectivity index (χ2v) is 5.39. The molecule has 106 valence electrons. The summed E-state index contributed by atoms with van der Waals surface area (Å²) in [6.07, 6.45) is 1.61. The van der Waals surface area contributed by atoms with Gasteiger partial charge >= 0.3 is 0 Å². The van der Waals surface area contributed by atoms with Crippen molar-refractivity contribution in [2.75, 3.05) is 18.3 Å². The van der Waals surface area contributed by atoms with Gasteiger partial charge in [0.1, 0.15) is 10.8 Å². The molecule has 0 atom stereocenters. The molecule has 0 bridgehead atoms. The molecule has 0 spiro atoms. The van der Waals surface area contributed by atoms with Crippen LogP contribution in [-0.2, 0) is 6.42 Å². The van der Waals surface area contributed by atoms with Gasteiger partial charge < -0.3 is 4.74 Å². The number of halogens is 1. The molecule has 20 heavy (non-hydrogen) atoms. The first-order valence-corrected chi connectivity index (χ1v) is 7.42. The largest absolute Gasteiger partial charge is 0.496 e. The van der Waals surface area contributed by atoms with E-state index in [1.54, 1.807) is 18.2 Å². The number of rotatable bonds is 6. The fraction of sp³-hybridized carbons (Fsp3) is 0.308. The molecular weight excluding hydrogens is 298 g/mol. The van der Waals surface area contributed by atoms with E-state index < -0.39 is 0 Å². The molecule has 0 saturated heterocycles. The van der Waals surface area contributed by atoms with Gasteiger partial charge in [-0.3, -0.25) is 10.1 Å². The van der Waals surface area contributed by atoms with Crippen molar-refractivity contribution in [3.05, 3.63) is 34.8 Å². The van der Waals surface area contributed by atoms with Crippen LogP contribution in [0.1, 0.15) is 21.8 Å². The topological polar surface area (TPSA) is 64.1 Å². The zero-order valence-corrected chi connectivity index (χ0v) is 12.5. The average molecular weight is 312 g/mol. The summed E-state index contributed by atoms with van der Waals surface area (Å²) in [4.78, 5) is 12.1. The van der Waals surface area contributed by atoms with Crippen LogP contribution >= 0.6 is 22.9 Å². The van der Waals surface area contributed by atoms with Crippen molar-refractivity contribution in [3.8, 4) is 5.75 Å². The highest BCUT2D eigenvalue weighted by Gasteiger charge is 2.13. The van der Waals surface area contributed by atoms with Crippen LogP contribution in [0.3, 0.4) is 0 Å². The molecule has 0 unspecified atom stereocenters. The maximum Gasteiger partial charge on any atom is 0.261 e. The van der Waals surface area contributed by atoms with Crippen LogP contribution in [0.4, 0.5) is 5.13 Å². The number of hydrogen-bond donors (Lipinski definition) is 1. The SMILES string of the molecule is COc1ccccc1C(=O)Nc1nnc(CCCCl)s1. The van der Waals surface area contributed by atoms with Crippen LogP contribution in [0.25, 0.3) is 0 Å².